The number of carbonyl (C=O) groups is 1. The highest BCUT2D eigenvalue weighted by atomic mass is 79.9. The summed E-state index contributed by atoms with van der Waals surface area (Å²) in [5.74, 6) is 0.575. The molecule has 4 rings (SSSR count). The van der Waals surface area contributed by atoms with Crippen LogP contribution >= 0.6 is 15.9 Å². The zero-order valence-electron chi connectivity index (χ0n) is 19.8. The molecule has 0 saturated heterocycles. The van der Waals surface area contributed by atoms with Crippen LogP contribution in [0.25, 0.3) is 0 Å². The number of aliphatic imine (C=N–C) groups is 1. The molecule has 8 heteroatoms. The molecule has 6 nitrogen and oxygen atoms in total. The highest BCUT2D eigenvalue weighted by Crippen LogP contribution is 2.30. The van der Waals surface area contributed by atoms with E-state index in [1.54, 1.807) is 12.1 Å². The molecule has 2 N–H and O–H groups in total. The molecule has 0 aromatic heterocycles. The van der Waals surface area contributed by atoms with Crippen molar-refractivity contribution in [3.05, 3.63) is 99.8 Å². The van der Waals surface area contributed by atoms with E-state index in [4.69, 9.17) is 19.6 Å². The van der Waals surface area contributed by atoms with E-state index in [2.05, 4.69) is 21.2 Å². The SMILES string of the molecule is O=C(NCCc1ccc(F)cc1)[C@@]1(Cc2ccccc2Br)COC(c2ccc(OCCCO)cc2)=N1. The van der Waals surface area contributed by atoms with Crippen LogP contribution in [-0.4, -0.2) is 48.8 Å². The lowest BCUT2D eigenvalue weighted by Crippen LogP contribution is -2.49. The first-order chi connectivity index (χ1) is 17.5. The lowest BCUT2D eigenvalue weighted by Gasteiger charge is -2.24. The van der Waals surface area contributed by atoms with E-state index in [-0.39, 0.29) is 24.9 Å². The molecule has 1 amide bonds. The Morgan fingerprint density at radius 3 is 2.58 bits per heavy atom. The maximum Gasteiger partial charge on any atom is 0.251 e. The van der Waals surface area contributed by atoms with E-state index in [0.717, 1.165) is 21.2 Å². The van der Waals surface area contributed by atoms with Crippen LogP contribution in [0.3, 0.4) is 0 Å². The summed E-state index contributed by atoms with van der Waals surface area (Å²) in [5, 5.41) is 11.9. The third-order valence-corrected chi connectivity index (χ3v) is 6.69. The Kier molecular flexibility index (Phi) is 8.72. The first-order valence-corrected chi connectivity index (χ1v) is 12.6. The molecule has 1 atom stereocenters. The Balaban J connectivity index is 1.51. The van der Waals surface area contributed by atoms with Crippen molar-refractivity contribution >= 4 is 27.7 Å². The first kappa shape index (κ1) is 25.9. The predicted molar refractivity (Wildman–Crippen MR) is 140 cm³/mol. The average molecular weight is 555 g/mol. The van der Waals surface area contributed by atoms with Gasteiger partial charge < -0.3 is 19.9 Å². The van der Waals surface area contributed by atoms with Gasteiger partial charge in [-0.1, -0.05) is 46.3 Å². The van der Waals surface area contributed by atoms with E-state index in [0.29, 0.717) is 44.1 Å². The first-order valence-electron chi connectivity index (χ1n) is 11.8. The molecule has 0 fully saturated rings. The van der Waals surface area contributed by atoms with Crippen molar-refractivity contribution in [2.75, 3.05) is 26.4 Å². The Bertz CT molecular complexity index is 1200. The van der Waals surface area contributed by atoms with Crippen molar-refractivity contribution in [1.82, 2.24) is 5.32 Å². The molecule has 0 bridgehead atoms. The number of aliphatic hydroxyl groups is 1. The Morgan fingerprint density at radius 1 is 1.11 bits per heavy atom. The lowest BCUT2D eigenvalue weighted by atomic mass is 9.91. The highest BCUT2D eigenvalue weighted by Gasteiger charge is 2.44. The van der Waals surface area contributed by atoms with Crippen LogP contribution < -0.4 is 10.1 Å². The molecule has 1 aliphatic heterocycles. The van der Waals surface area contributed by atoms with Gasteiger partial charge in [0, 0.05) is 36.0 Å². The van der Waals surface area contributed by atoms with Gasteiger partial charge in [-0.25, -0.2) is 9.38 Å². The zero-order chi connectivity index (χ0) is 25.4. The smallest absolute Gasteiger partial charge is 0.251 e. The number of carbonyl (C=O) groups excluding carboxylic acids is 1. The maximum absolute atomic E-state index is 13.5. The second-order valence-electron chi connectivity index (χ2n) is 8.59. The van der Waals surface area contributed by atoms with Gasteiger partial charge in [-0.05, 0) is 60.0 Å². The molecule has 1 heterocycles. The van der Waals surface area contributed by atoms with Crippen LogP contribution in [-0.2, 0) is 22.4 Å². The van der Waals surface area contributed by atoms with Crippen LogP contribution in [0.5, 0.6) is 5.75 Å². The lowest BCUT2D eigenvalue weighted by molar-refractivity contribution is -0.126. The topological polar surface area (TPSA) is 80.2 Å². The Labute approximate surface area is 218 Å². The van der Waals surface area contributed by atoms with Crippen molar-refractivity contribution < 1.29 is 23.8 Å². The van der Waals surface area contributed by atoms with E-state index in [9.17, 15) is 9.18 Å². The van der Waals surface area contributed by atoms with Crippen LogP contribution in [0.4, 0.5) is 4.39 Å². The number of nitrogens with zero attached hydrogens (tertiary/aromatic N) is 1. The van der Waals surface area contributed by atoms with E-state index in [1.807, 2.05) is 48.5 Å². The number of aliphatic hydroxyl groups excluding tert-OH is 1. The second kappa shape index (κ2) is 12.1. The van der Waals surface area contributed by atoms with Crippen molar-refractivity contribution in [2.45, 2.75) is 24.8 Å². The van der Waals surface area contributed by atoms with Crippen molar-refractivity contribution in [2.24, 2.45) is 4.99 Å². The van der Waals surface area contributed by atoms with Gasteiger partial charge in [0.1, 0.15) is 18.2 Å². The highest BCUT2D eigenvalue weighted by molar-refractivity contribution is 9.10. The quantitative estimate of drug-likeness (QED) is 0.343. The van der Waals surface area contributed by atoms with Crippen LogP contribution in [0, 0.1) is 5.82 Å². The van der Waals surface area contributed by atoms with Crippen LogP contribution in [0.2, 0.25) is 0 Å². The number of hydrogen-bond acceptors (Lipinski definition) is 5. The summed E-state index contributed by atoms with van der Waals surface area (Å²) in [6.45, 7) is 1.02. The molecule has 0 spiro atoms. The number of amides is 1. The fourth-order valence-corrected chi connectivity index (χ4v) is 4.35. The second-order valence-corrected chi connectivity index (χ2v) is 9.44. The number of hydrogen-bond donors (Lipinski definition) is 2. The molecule has 0 radical (unpaired) electrons. The van der Waals surface area contributed by atoms with Gasteiger partial charge in [0.05, 0.1) is 6.61 Å². The molecular formula is C28H28BrFN2O4. The molecule has 0 aliphatic carbocycles. The molecule has 0 saturated carbocycles. The number of benzene rings is 3. The van der Waals surface area contributed by atoms with Crippen molar-refractivity contribution in [3.8, 4) is 5.75 Å². The third kappa shape index (κ3) is 6.50. The number of rotatable bonds is 11. The van der Waals surface area contributed by atoms with Gasteiger partial charge in [-0.3, -0.25) is 4.79 Å². The molecule has 3 aromatic rings. The number of ether oxygens (including phenoxy) is 2. The summed E-state index contributed by atoms with van der Waals surface area (Å²) in [4.78, 5) is 18.3. The van der Waals surface area contributed by atoms with Crippen LogP contribution in [0.15, 0.2) is 82.3 Å². The van der Waals surface area contributed by atoms with Gasteiger partial charge in [-0.2, -0.15) is 0 Å². The Morgan fingerprint density at radius 2 is 1.86 bits per heavy atom. The summed E-state index contributed by atoms with van der Waals surface area (Å²) in [6, 6.07) is 21.3. The third-order valence-electron chi connectivity index (χ3n) is 5.91. The minimum absolute atomic E-state index is 0.0777. The molecule has 0 unspecified atom stereocenters. The standard InChI is InChI=1S/C28H28BrFN2O4/c29-25-5-2-1-4-22(25)18-28(27(34)31-15-14-20-6-10-23(30)11-7-20)19-36-26(32-28)21-8-12-24(13-9-21)35-17-3-16-33/h1-2,4-13,33H,3,14-19H2,(H,31,34)/t28-/m1/s1. The maximum atomic E-state index is 13.5. The summed E-state index contributed by atoms with van der Waals surface area (Å²) >= 11 is 3.58. The number of halogens is 2. The molecular weight excluding hydrogens is 527 g/mol. The van der Waals surface area contributed by atoms with Gasteiger partial charge in [0.15, 0.2) is 5.54 Å². The molecule has 36 heavy (non-hydrogen) atoms. The summed E-state index contributed by atoms with van der Waals surface area (Å²) < 4.78 is 25.6. The summed E-state index contributed by atoms with van der Waals surface area (Å²) in [6.07, 6.45) is 1.50. The van der Waals surface area contributed by atoms with E-state index >= 15 is 0 Å². The molecule has 188 valence electrons. The fraction of sp³-hybridized carbons (Fsp3) is 0.286. The number of nitrogens with one attached hydrogen (secondary N) is 1. The average Bonchev–Trinajstić information content (AvgIpc) is 3.32. The van der Waals surface area contributed by atoms with Gasteiger partial charge >= 0.3 is 0 Å². The Hall–Kier alpha value is -3.23. The predicted octanol–water partition coefficient (Wildman–Crippen LogP) is 4.47. The van der Waals surface area contributed by atoms with Crippen molar-refractivity contribution in [3.63, 3.8) is 0 Å². The fourth-order valence-electron chi connectivity index (χ4n) is 3.92. The molecule has 3 aromatic carbocycles. The minimum Gasteiger partial charge on any atom is -0.494 e. The van der Waals surface area contributed by atoms with Gasteiger partial charge in [0.2, 0.25) is 5.90 Å². The van der Waals surface area contributed by atoms with E-state index < -0.39 is 5.54 Å². The minimum atomic E-state index is -1.13. The summed E-state index contributed by atoms with van der Waals surface area (Å²) in [5.41, 5.74) is 1.51. The van der Waals surface area contributed by atoms with E-state index in [1.165, 1.54) is 12.1 Å². The van der Waals surface area contributed by atoms with Crippen molar-refractivity contribution in [1.29, 1.82) is 0 Å². The molecule has 1 aliphatic rings. The van der Waals surface area contributed by atoms with Crippen LogP contribution in [0.1, 0.15) is 23.1 Å². The van der Waals surface area contributed by atoms with Gasteiger partial charge in [0.25, 0.3) is 5.91 Å². The zero-order valence-corrected chi connectivity index (χ0v) is 21.3. The largest absolute Gasteiger partial charge is 0.494 e. The summed E-state index contributed by atoms with van der Waals surface area (Å²) in [7, 11) is 0. The van der Waals surface area contributed by atoms with Gasteiger partial charge in [-0.15, -0.1) is 0 Å². The monoisotopic (exact) mass is 554 g/mol. The normalized spacial score (nSPS) is 16.8.